The van der Waals surface area contributed by atoms with E-state index < -0.39 is 5.97 Å². The molecule has 2 aromatic heterocycles. The Morgan fingerprint density at radius 2 is 2.21 bits per heavy atom. The summed E-state index contributed by atoms with van der Waals surface area (Å²) >= 11 is 1.59. The molecule has 0 spiro atoms. The third-order valence-electron chi connectivity index (χ3n) is 3.01. The number of benzene rings is 1. The Labute approximate surface area is 113 Å². The number of nitrogens with zero attached hydrogens (tertiary/aromatic N) is 2. The molecule has 3 aromatic rings. The van der Waals surface area contributed by atoms with Crippen molar-refractivity contribution in [2.24, 2.45) is 0 Å². The Bertz CT molecular complexity index is 758. The van der Waals surface area contributed by atoms with E-state index in [1.807, 2.05) is 35.8 Å². The van der Waals surface area contributed by atoms with E-state index in [-0.39, 0.29) is 0 Å². The maximum Gasteiger partial charge on any atom is 0.352 e. The SMILES string of the molecule is Cc1ncc(Cn2c(C(=O)O)cc3ccccc32)s1. The molecule has 5 heteroatoms. The van der Waals surface area contributed by atoms with Crippen LogP contribution in [0.15, 0.2) is 36.5 Å². The van der Waals surface area contributed by atoms with Gasteiger partial charge in [0, 0.05) is 22.0 Å². The zero-order valence-corrected chi connectivity index (χ0v) is 11.1. The minimum atomic E-state index is -0.905. The molecular formula is C14H12N2O2S. The summed E-state index contributed by atoms with van der Waals surface area (Å²) in [4.78, 5) is 16.6. The van der Waals surface area contributed by atoms with Gasteiger partial charge in [0.05, 0.1) is 11.6 Å². The topological polar surface area (TPSA) is 55.1 Å². The highest BCUT2D eigenvalue weighted by Gasteiger charge is 2.15. The molecule has 0 saturated carbocycles. The molecule has 0 unspecified atom stereocenters. The molecular weight excluding hydrogens is 260 g/mol. The van der Waals surface area contributed by atoms with Crippen LogP contribution in [0.1, 0.15) is 20.4 Å². The van der Waals surface area contributed by atoms with Gasteiger partial charge in [-0.2, -0.15) is 0 Å². The van der Waals surface area contributed by atoms with Crippen LogP contribution in [0.4, 0.5) is 0 Å². The summed E-state index contributed by atoms with van der Waals surface area (Å²) in [6.07, 6.45) is 1.81. The highest BCUT2D eigenvalue weighted by atomic mass is 32.1. The molecule has 2 heterocycles. The highest BCUT2D eigenvalue weighted by molar-refractivity contribution is 7.11. The van der Waals surface area contributed by atoms with Crippen molar-refractivity contribution < 1.29 is 9.90 Å². The van der Waals surface area contributed by atoms with E-state index in [0.29, 0.717) is 12.2 Å². The number of hydrogen-bond donors (Lipinski definition) is 1. The van der Waals surface area contributed by atoms with Crippen molar-refractivity contribution in [1.29, 1.82) is 0 Å². The Kier molecular flexibility index (Phi) is 2.83. The molecule has 0 fully saturated rings. The first-order chi connectivity index (χ1) is 9.15. The number of aromatic carboxylic acids is 1. The molecule has 0 saturated heterocycles. The van der Waals surface area contributed by atoms with Gasteiger partial charge in [0.2, 0.25) is 0 Å². The van der Waals surface area contributed by atoms with Crippen molar-refractivity contribution in [2.45, 2.75) is 13.5 Å². The van der Waals surface area contributed by atoms with Gasteiger partial charge in [0.1, 0.15) is 5.69 Å². The molecule has 19 heavy (non-hydrogen) atoms. The number of carbonyl (C=O) groups is 1. The van der Waals surface area contributed by atoms with Crippen LogP contribution in [0.25, 0.3) is 10.9 Å². The van der Waals surface area contributed by atoms with Crippen LogP contribution in [-0.2, 0) is 6.54 Å². The molecule has 0 aliphatic heterocycles. The normalized spacial score (nSPS) is 11.0. The van der Waals surface area contributed by atoms with E-state index in [1.54, 1.807) is 23.6 Å². The van der Waals surface area contributed by atoms with Crippen molar-refractivity contribution >= 4 is 28.2 Å². The lowest BCUT2D eigenvalue weighted by Crippen LogP contribution is -2.08. The Hall–Kier alpha value is -2.14. The fourth-order valence-corrected chi connectivity index (χ4v) is 2.98. The summed E-state index contributed by atoms with van der Waals surface area (Å²) in [6.45, 7) is 2.49. The van der Waals surface area contributed by atoms with E-state index >= 15 is 0 Å². The molecule has 0 bridgehead atoms. The van der Waals surface area contributed by atoms with E-state index in [2.05, 4.69) is 4.98 Å². The fourth-order valence-electron chi connectivity index (χ4n) is 2.19. The van der Waals surface area contributed by atoms with Crippen LogP contribution >= 0.6 is 11.3 Å². The molecule has 3 rings (SSSR count). The van der Waals surface area contributed by atoms with Gasteiger partial charge in [0.25, 0.3) is 0 Å². The third-order valence-corrected chi connectivity index (χ3v) is 3.91. The van der Waals surface area contributed by atoms with E-state index in [0.717, 1.165) is 20.8 Å². The lowest BCUT2D eigenvalue weighted by Gasteiger charge is -2.06. The quantitative estimate of drug-likeness (QED) is 0.796. The number of hydrogen-bond acceptors (Lipinski definition) is 3. The molecule has 96 valence electrons. The number of aromatic nitrogens is 2. The molecule has 1 N–H and O–H groups in total. The van der Waals surface area contributed by atoms with Crippen molar-refractivity contribution in [2.75, 3.05) is 0 Å². The van der Waals surface area contributed by atoms with Gasteiger partial charge in [-0.3, -0.25) is 0 Å². The number of fused-ring (bicyclic) bond motifs is 1. The summed E-state index contributed by atoms with van der Waals surface area (Å²) < 4.78 is 1.82. The van der Waals surface area contributed by atoms with Gasteiger partial charge in [-0.1, -0.05) is 18.2 Å². The number of aryl methyl sites for hydroxylation is 1. The maximum atomic E-state index is 11.4. The molecule has 0 amide bonds. The maximum absolute atomic E-state index is 11.4. The number of para-hydroxylation sites is 1. The summed E-state index contributed by atoms with van der Waals surface area (Å²) in [5.74, 6) is -0.905. The van der Waals surface area contributed by atoms with Gasteiger partial charge in [0.15, 0.2) is 0 Å². The van der Waals surface area contributed by atoms with Gasteiger partial charge >= 0.3 is 5.97 Å². The van der Waals surface area contributed by atoms with Crippen LogP contribution < -0.4 is 0 Å². The molecule has 0 aliphatic rings. The smallest absolute Gasteiger partial charge is 0.352 e. The van der Waals surface area contributed by atoms with Crippen LogP contribution in [0, 0.1) is 6.92 Å². The van der Waals surface area contributed by atoms with E-state index in [1.165, 1.54) is 0 Å². The zero-order valence-electron chi connectivity index (χ0n) is 10.3. The Balaban J connectivity index is 2.14. The largest absolute Gasteiger partial charge is 0.477 e. The second kappa shape index (κ2) is 4.51. The third kappa shape index (κ3) is 2.13. The monoisotopic (exact) mass is 272 g/mol. The first-order valence-corrected chi connectivity index (χ1v) is 6.69. The van der Waals surface area contributed by atoms with E-state index in [9.17, 15) is 9.90 Å². The van der Waals surface area contributed by atoms with Crippen molar-refractivity contribution in [3.05, 3.63) is 52.1 Å². The van der Waals surface area contributed by atoms with Crippen molar-refractivity contribution in [3.63, 3.8) is 0 Å². The van der Waals surface area contributed by atoms with Crippen LogP contribution in [-0.4, -0.2) is 20.6 Å². The fraction of sp³-hybridized carbons (Fsp3) is 0.143. The van der Waals surface area contributed by atoms with Gasteiger partial charge in [-0.15, -0.1) is 11.3 Å². The van der Waals surface area contributed by atoms with Crippen LogP contribution in [0.3, 0.4) is 0 Å². The minimum Gasteiger partial charge on any atom is -0.477 e. The predicted molar refractivity (Wildman–Crippen MR) is 74.9 cm³/mol. The Morgan fingerprint density at radius 1 is 1.42 bits per heavy atom. The number of thiazole rings is 1. The number of carboxylic acid groups (broad SMARTS) is 1. The second-order valence-corrected chi connectivity index (χ2v) is 5.64. The first kappa shape index (κ1) is 11.9. The lowest BCUT2D eigenvalue weighted by atomic mass is 10.2. The highest BCUT2D eigenvalue weighted by Crippen LogP contribution is 2.23. The standard InChI is InChI=1S/C14H12N2O2S/c1-9-15-7-11(19-9)8-16-12-5-3-2-4-10(12)6-13(16)14(17)18/h2-7H,8H2,1H3,(H,17,18). The predicted octanol–water partition coefficient (Wildman–Crippen LogP) is 3.15. The van der Waals surface area contributed by atoms with Gasteiger partial charge < -0.3 is 9.67 Å². The average Bonchev–Trinajstić information content (AvgIpc) is 2.95. The van der Waals surface area contributed by atoms with Crippen molar-refractivity contribution in [1.82, 2.24) is 9.55 Å². The molecule has 0 radical (unpaired) electrons. The summed E-state index contributed by atoms with van der Waals surface area (Å²) in [5, 5.41) is 11.3. The van der Waals surface area contributed by atoms with Crippen molar-refractivity contribution in [3.8, 4) is 0 Å². The summed E-state index contributed by atoms with van der Waals surface area (Å²) in [6, 6.07) is 9.41. The van der Waals surface area contributed by atoms with Gasteiger partial charge in [-0.25, -0.2) is 9.78 Å². The zero-order chi connectivity index (χ0) is 13.4. The molecule has 1 aromatic carbocycles. The minimum absolute atomic E-state index is 0.312. The molecule has 0 aliphatic carbocycles. The average molecular weight is 272 g/mol. The summed E-state index contributed by atoms with van der Waals surface area (Å²) in [5.41, 5.74) is 1.25. The van der Waals surface area contributed by atoms with Crippen LogP contribution in [0.2, 0.25) is 0 Å². The van der Waals surface area contributed by atoms with Crippen LogP contribution in [0.5, 0.6) is 0 Å². The molecule has 4 nitrogen and oxygen atoms in total. The lowest BCUT2D eigenvalue weighted by molar-refractivity contribution is 0.0686. The first-order valence-electron chi connectivity index (χ1n) is 5.88. The molecule has 0 atom stereocenters. The summed E-state index contributed by atoms with van der Waals surface area (Å²) in [7, 11) is 0. The second-order valence-electron chi connectivity index (χ2n) is 4.33. The van der Waals surface area contributed by atoms with E-state index in [4.69, 9.17) is 0 Å². The Morgan fingerprint density at radius 3 is 2.89 bits per heavy atom. The van der Waals surface area contributed by atoms with Gasteiger partial charge in [-0.05, 0) is 19.1 Å². The number of rotatable bonds is 3. The number of carboxylic acids is 1.